The van der Waals surface area contributed by atoms with E-state index in [1.807, 2.05) is 13.8 Å². The molecule has 0 radical (unpaired) electrons. The van der Waals surface area contributed by atoms with Gasteiger partial charge in [-0.3, -0.25) is 0 Å². The van der Waals surface area contributed by atoms with Crippen molar-refractivity contribution in [2.45, 2.75) is 66.0 Å². The fourth-order valence-electron chi connectivity index (χ4n) is 4.10. The summed E-state index contributed by atoms with van der Waals surface area (Å²) < 4.78 is 0. The van der Waals surface area contributed by atoms with Crippen LogP contribution in [0.25, 0.3) is 0 Å². The summed E-state index contributed by atoms with van der Waals surface area (Å²) >= 11 is 0. The quantitative estimate of drug-likeness (QED) is 0.763. The summed E-state index contributed by atoms with van der Waals surface area (Å²) in [6, 6.07) is 0.504. The van der Waals surface area contributed by atoms with E-state index in [1.54, 1.807) is 0 Å². The van der Waals surface area contributed by atoms with Gasteiger partial charge in [0.15, 0.2) is 0 Å². The number of nitrogens with one attached hydrogen (secondary N) is 2. The highest BCUT2D eigenvalue weighted by Gasteiger charge is 2.59. The molecule has 0 aromatic rings. The summed E-state index contributed by atoms with van der Waals surface area (Å²) in [4.78, 5) is 11.9. The molecule has 2 fully saturated rings. The van der Waals surface area contributed by atoms with Gasteiger partial charge in [-0.25, -0.2) is 4.79 Å². The second-order valence-corrected chi connectivity index (χ2v) is 7.12. The number of carbonyl (C=O) groups is 1. The van der Waals surface area contributed by atoms with Gasteiger partial charge in [0.25, 0.3) is 0 Å². The smallest absolute Gasteiger partial charge is 0.315 e. The van der Waals surface area contributed by atoms with Crippen molar-refractivity contribution in [2.24, 2.45) is 16.7 Å². The van der Waals surface area contributed by atoms with Gasteiger partial charge in [0.1, 0.15) is 0 Å². The zero-order valence-electron chi connectivity index (χ0n) is 11.8. The predicted octanol–water partition coefficient (Wildman–Crippen LogP) is 2.91. The fourth-order valence-corrected chi connectivity index (χ4v) is 4.10. The predicted molar refractivity (Wildman–Crippen MR) is 69.8 cm³/mol. The molecule has 2 aliphatic rings. The van der Waals surface area contributed by atoms with Crippen molar-refractivity contribution < 1.29 is 4.79 Å². The van der Waals surface area contributed by atoms with Crippen LogP contribution in [0.3, 0.4) is 0 Å². The van der Waals surface area contributed by atoms with Gasteiger partial charge in [-0.2, -0.15) is 0 Å². The molecule has 17 heavy (non-hydrogen) atoms. The molecule has 0 heterocycles. The van der Waals surface area contributed by atoms with Crippen LogP contribution in [0.5, 0.6) is 0 Å². The van der Waals surface area contributed by atoms with Crippen molar-refractivity contribution in [1.29, 1.82) is 0 Å². The Morgan fingerprint density at radius 2 is 1.94 bits per heavy atom. The molecule has 2 N–H and O–H groups in total. The minimum absolute atomic E-state index is 0.00755. The molecule has 3 atom stereocenters. The highest BCUT2D eigenvalue weighted by molar-refractivity contribution is 5.74. The van der Waals surface area contributed by atoms with E-state index in [2.05, 4.69) is 31.4 Å². The Hall–Kier alpha value is -0.730. The van der Waals surface area contributed by atoms with Crippen molar-refractivity contribution in [3.05, 3.63) is 0 Å². The van der Waals surface area contributed by atoms with Crippen LogP contribution < -0.4 is 10.6 Å². The van der Waals surface area contributed by atoms with E-state index >= 15 is 0 Å². The third-order valence-electron chi connectivity index (χ3n) is 4.96. The van der Waals surface area contributed by atoms with E-state index in [0.717, 1.165) is 5.92 Å². The SMILES string of the molecule is CC(C)NC(=O)NC1C2(C)CCC(C2)C1(C)C. The molecule has 2 rings (SSSR count). The highest BCUT2D eigenvalue weighted by atomic mass is 16.2. The molecule has 2 aliphatic carbocycles. The molecule has 0 aliphatic heterocycles. The number of hydrogen-bond acceptors (Lipinski definition) is 1. The number of carbonyl (C=O) groups excluding carboxylic acids is 1. The average Bonchev–Trinajstić information content (AvgIpc) is 2.63. The Morgan fingerprint density at radius 3 is 2.41 bits per heavy atom. The molecular formula is C14H26N2O. The van der Waals surface area contributed by atoms with Gasteiger partial charge in [-0.1, -0.05) is 20.8 Å². The summed E-state index contributed by atoms with van der Waals surface area (Å²) in [7, 11) is 0. The first-order chi connectivity index (χ1) is 7.75. The van der Waals surface area contributed by atoms with Crippen LogP contribution in [0, 0.1) is 16.7 Å². The van der Waals surface area contributed by atoms with Crippen LogP contribution in [0.2, 0.25) is 0 Å². The normalized spacial score (nSPS) is 38.5. The van der Waals surface area contributed by atoms with Gasteiger partial charge in [-0.15, -0.1) is 0 Å². The molecule has 2 amide bonds. The summed E-state index contributed by atoms with van der Waals surface area (Å²) in [5, 5.41) is 6.16. The first-order valence-corrected chi connectivity index (χ1v) is 6.83. The Morgan fingerprint density at radius 1 is 1.29 bits per heavy atom. The van der Waals surface area contributed by atoms with Crippen molar-refractivity contribution in [3.63, 3.8) is 0 Å². The van der Waals surface area contributed by atoms with Crippen molar-refractivity contribution in [2.75, 3.05) is 0 Å². The Balaban J connectivity index is 2.07. The number of fused-ring (bicyclic) bond motifs is 2. The topological polar surface area (TPSA) is 41.1 Å². The highest BCUT2D eigenvalue weighted by Crippen LogP contribution is 2.62. The lowest BCUT2D eigenvalue weighted by Gasteiger charge is -2.43. The van der Waals surface area contributed by atoms with E-state index < -0.39 is 0 Å². The third kappa shape index (κ3) is 2.04. The lowest BCUT2D eigenvalue weighted by atomic mass is 9.68. The molecule has 0 aromatic heterocycles. The zero-order valence-corrected chi connectivity index (χ0v) is 11.8. The fraction of sp³-hybridized carbons (Fsp3) is 0.929. The Bertz CT molecular complexity index is 319. The minimum Gasteiger partial charge on any atom is -0.336 e. The lowest BCUT2D eigenvalue weighted by molar-refractivity contribution is 0.113. The second-order valence-electron chi connectivity index (χ2n) is 7.12. The van der Waals surface area contributed by atoms with Gasteiger partial charge in [0.2, 0.25) is 0 Å². The van der Waals surface area contributed by atoms with Crippen LogP contribution in [0.15, 0.2) is 0 Å². The number of rotatable bonds is 2. The molecular weight excluding hydrogens is 212 g/mol. The van der Waals surface area contributed by atoms with Gasteiger partial charge >= 0.3 is 6.03 Å². The largest absolute Gasteiger partial charge is 0.336 e. The molecule has 2 bridgehead atoms. The standard InChI is InChI=1S/C14H26N2O/c1-9(2)15-12(17)16-11-13(3,4)10-6-7-14(11,5)8-10/h9-11H,6-8H2,1-5H3,(H2,15,16,17). The Labute approximate surface area is 105 Å². The molecule has 0 aromatic carbocycles. The monoisotopic (exact) mass is 238 g/mol. The first kappa shape index (κ1) is 12.7. The molecule has 3 nitrogen and oxygen atoms in total. The average molecular weight is 238 g/mol. The number of urea groups is 1. The molecule has 2 saturated carbocycles. The number of amides is 2. The van der Waals surface area contributed by atoms with Crippen LogP contribution in [-0.2, 0) is 0 Å². The molecule has 3 heteroatoms. The molecule has 98 valence electrons. The van der Waals surface area contributed by atoms with E-state index in [-0.39, 0.29) is 17.5 Å². The van der Waals surface area contributed by atoms with Crippen LogP contribution in [0.1, 0.15) is 53.9 Å². The summed E-state index contributed by atoms with van der Waals surface area (Å²) in [6.45, 7) is 10.9. The van der Waals surface area contributed by atoms with Crippen molar-refractivity contribution >= 4 is 6.03 Å². The maximum Gasteiger partial charge on any atom is 0.315 e. The van der Waals surface area contributed by atoms with Crippen molar-refractivity contribution in [1.82, 2.24) is 10.6 Å². The summed E-state index contributed by atoms with van der Waals surface area (Å²) in [5.74, 6) is 0.775. The van der Waals surface area contributed by atoms with E-state index in [1.165, 1.54) is 19.3 Å². The van der Waals surface area contributed by atoms with E-state index in [9.17, 15) is 4.79 Å². The maximum atomic E-state index is 11.9. The van der Waals surface area contributed by atoms with Gasteiger partial charge in [0.05, 0.1) is 0 Å². The molecule has 0 saturated heterocycles. The number of hydrogen-bond donors (Lipinski definition) is 2. The lowest BCUT2D eigenvalue weighted by Crippen LogP contribution is -2.55. The van der Waals surface area contributed by atoms with Gasteiger partial charge in [0, 0.05) is 12.1 Å². The third-order valence-corrected chi connectivity index (χ3v) is 4.96. The zero-order chi connectivity index (χ0) is 12.8. The molecule has 0 spiro atoms. The van der Waals surface area contributed by atoms with Crippen molar-refractivity contribution in [3.8, 4) is 0 Å². The van der Waals surface area contributed by atoms with Crippen LogP contribution in [0.4, 0.5) is 4.79 Å². The van der Waals surface area contributed by atoms with E-state index in [4.69, 9.17) is 0 Å². The first-order valence-electron chi connectivity index (χ1n) is 6.83. The van der Waals surface area contributed by atoms with E-state index in [0.29, 0.717) is 11.5 Å². The molecule has 3 unspecified atom stereocenters. The minimum atomic E-state index is -0.00755. The van der Waals surface area contributed by atoms with Gasteiger partial charge < -0.3 is 10.6 Å². The maximum absolute atomic E-state index is 11.9. The van der Waals surface area contributed by atoms with Crippen LogP contribution in [-0.4, -0.2) is 18.1 Å². The van der Waals surface area contributed by atoms with Gasteiger partial charge in [-0.05, 0) is 49.9 Å². The Kier molecular flexibility index (Phi) is 2.91. The summed E-state index contributed by atoms with van der Waals surface area (Å²) in [5.41, 5.74) is 0.545. The summed E-state index contributed by atoms with van der Waals surface area (Å²) in [6.07, 6.45) is 3.85. The second kappa shape index (κ2) is 3.89. The van der Waals surface area contributed by atoms with Crippen LogP contribution >= 0.6 is 0 Å².